The molecule has 0 unspecified atom stereocenters. The van der Waals surface area contributed by atoms with Crippen LogP contribution < -0.4 is 0 Å². The lowest BCUT2D eigenvalue weighted by Crippen LogP contribution is -2.21. The van der Waals surface area contributed by atoms with Crippen molar-refractivity contribution in [1.29, 1.82) is 0 Å². The van der Waals surface area contributed by atoms with Crippen LogP contribution in [0.5, 0.6) is 0 Å². The number of rotatable bonds is 3. The predicted octanol–water partition coefficient (Wildman–Crippen LogP) is 3.58. The standard InChI is InChI=1S/C14H16ClNO2/c1-14(2,7-13(17)18)11-8-16(3)12-6-9(15)4-5-10(11)12/h4-6,8H,7H2,1-3H3,(H,17,18). The van der Waals surface area contributed by atoms with Crippen molar-refractivity contribution in [3.05, 3.63) is 35.0 Å². The fraction of sp³-hybridized carbons (Fsp3) is 0.357. The highest BCUT2D eigenvalue weighted by molar-refractivity contribution is 6.31. The molecule has 1 heterocycles. The molecule has 0 fully saturated rings. The van der Waals surface area contributed by atoms with Gasteiger partial charge >= 0.3 is 5.97 Å². The summed E-state index contributed by atoms with van der Waals surface area (Å²) in [5, 5.41) is 10.8. The van der Waals surface area contributed by atoms with Gasteiger partial charge in [0.2, 0.25) is 0 Å². The Labute approximate surface area is 111 Å². The van der Waals surface area contributed by atoms with Gasteiger partial charge in [-0.3, -0.25) is 4.79 Å². The molecule has 0 saturated carbocycles. The summed E-state index contributed by atoms with van der Waals surface area (Å²) in [5.74, 6) is -0.786. The summed E-state index contributed by atoms with van der Waals surface area (Å²) in [6, 6.07) is 5.69. The Balaban J connectivity index is 2.62. The minimum atomic E-state index is -0.786. The molecular weight excluding hydrogens is 250 g/mol. The van der Waals surface area contributed by atoms with Gasteiger partial charge < -0.3 is 9.67 Å². The van der Waals surface area contributed by atoms with E-state index in [0.29, 0.717) is 5.02 Å². The van der Waals surface area contributed by atoms with E-state index in [4.69, 9.17) is 16.7 Å². The second-order valence-electron chi connectivity index (χ2n) is 5.27. The number of carboxylic acid groups (broad SMARTS) is 1. The molecule has 0 spiro atoms. The number of carboxylic acids is 1. The number of aliphatic carboxylic acids is 1. The van der Waals surface area contributed by atoms with Crippen LogP contribution in [0.25, 0.3) is 10.9 Å². The number of aryl methyl sites for hydroxylation is 1. The summed E-state index contributed by atoms with van der Waals surface area (Å²) >= 11 is 5.99. The van der Waals surface area contributed by atoms with Crippen molar-refractivity contribution in [3.8, 4) is 0 Å². The van der Waals surface area contributed by atoms with Crippen LogP contribution in [-0.4, -0.2) is 15.6 Å². The Morgan fingerprint density at radius 2 is 2.11 bits per heavy atom. The second-order valence-corrected chi connectivity index (χ2v) is 5.71. The first-order valence-electron chi connectivity index (χ1n) is 5.78. The quantitative estimate of drug-likeness (QED) is 0.922. The number of hydrogen-bond acceptors (Lipinski definition) is 1. The van der Waals surface area contributed by atoms with E-state index in [1.165, 1.54) is 0 Å². The molecular formula is C14H16ClNO2. The lowest BCUT2D eigenvalue weighted by molar-refractivity contribution is -0.138. The molecule has 2 aromatic rings. The first kappa shape index (κ1) is 13.0. The molecule has 1 aromatic carbocycles. The van der Waals surface area contributed by atoms with Gasteiger partial charge in [0, 0.05) is 34.6 Å². The topological polar surface area (TPSA) is 42.2 Å². The molecule has 0 aliphatic rings. The van der Waals surface area contributed by atoms with Crippen molar-refractivity contribution in [2.75, 3.05) is 0 Å². The zero-order valence-electron chi connectivity index (χ0n) is 10.7. The SMILES string of the molecule is Cn1cc(C(C)(C)CC(=O)O)c2ccc(Cl)cc21. The monoisotopic (exact) mass is 265 g/mol. The fourth-order valence-electron chi connectivity index (χ4n) is 2.37. The Kier molecular flexibility index (Phi) is 3.11. The lowest BCUT2D eigenvalue weighted by Gasteiger charge is -2.22. The minimum absolute atomic E-state index is 0.106. The highest BCUT2D eigenvalue weighted by Gasteiger charge is 2.27. The van der Waals surface area contributed by atoms with E-state index in [-0.39, 0.29) is 6.42 Å². The first-order chi connectivity index (χ1) is 8.31. The second kappa shape index (κ2) is 4.32. The maximum atomic E-state index is 11.0. The van der Waals surface area contributed by atoms with Crippen molar-refractivity contribution in [2.24, 2.45) is 7.05 Å². The Morgan fingerprint density at radius 1 is 1.44 bits per heavy atom. The van der Waals surface area contributed by atoms with Crippen LogP contribution in [0.2, 0.25) is 5.02 Å². The van der Waals surface area contributed by atoms with Gasteiger partial charge in [0.1, 0.15) is 0 Å². The van der Waals surface area contributed by atoms with E-state index in [2.05, 4.69) is 0 Å². The molecule has 1 N–H and O–H groups in total. The molecule has 0 atom stereocenters. The van der Waals surface area contributed by atoms with Crippen molar-refractivity contribution in [1.82, 2.24) is 4.57 Å². The van der Waals surface area contributed by atoms with Gasteiger partial charge in [-0.25, -0.2) is 0 Å². The molecule has 0 radical (unpaired) electrons. The fourth-order valence-corrected chi connectivity index (χ4v) is 2.54. The summed E-state index contributed by atoms with van der Waals surface area (Å²) in [5.41, 5.74) is 1.66. The Hall–Kier alpha value is -1.48. The number of fused-ring (bicyclic) bond motifs is 1. The van der Waals surface area contributed by atoms with E-state index in [1.807, 2.05) is 49.9 Å². The van der Waals surface area contributed by atoms with Crippen LogP contribution in [0.3, 0.4) is 0 Å². The third-order valence-electron chi connectivity index (χ3n) is 3.27. The number of hydrogen-bond donors (Lipinski definition) is 1. The summed E-state index contributed by atoms with van der Waals surface area (Å²) < 4.78 is 1.99. The third-order valence-corrected chi connectivity index (χ3v) is 3.51. The maximum Gasteiger partial charge on any atom is 0.304 e. The summed E-state index contributed by atoms with van der Waals surface area (Å²) in [6.07, 6.45) is 2.10. The smallest absolute Gasteiger partial charge is 0.304 e. The molecule has 0 aliphatic carbocycles. The average molecular weight is 266 g/mol. The van der Waals surface area contributed by atoms with Crippen molar-refractivity contribution in [3.63, 3.8) is 0 Å². The van der Waals surface area contributed by atoms with Gasteiger partial charge in [0.25, 0.3) is 0 Å². The number of halogens is 1. The molecule has 96 valence electrons. The van der Waals surface area contributed by atoms with E-state index < -0.39 is 11.4 Å². The molecule has 3 nitrogen and oxygen atoms in total. The molecule has 1 aromatic heterocycles. The van der Waals surface area contributed by atoms with E-state index in [0.717, 1.165) is 16.5 Å². The van der Waals surface area contributed by atoms with Crippen LogP contribution >= 0.6 is 11.6 Å². The first-order valence-corrected chi connectivity index (χ1v) is 6.16. The van der Waals surface area contributed by atoms with Crippen LogP contribution in [0.1, 0.15) is 25.8 Å². The highest BCUT2D eigenvalue weighted by Crippen LogP contribution is 2.35. The molecule has 0 saturated heterocycles. The van der Waals surface area contributed by atoms with Crippen LogP contribution in [0.4, 0.5) is 0 Å². The summed E-state index contributed by atoms with van der Waals surface area (Å²) in [7, 11) is 1.94. The molecule has 0 aliphatic heterocycles. The van der Waals surface area contributed by atoms with E-state index >= 15 is 0 Å². The van der Waals surface area contributed by atoms with Gasteiger partial charge in [-0.05, 0) is 17.7 Å². The Morgan fingerprint density at radius 3 is 2.72 bits per heavy atom. The average Bonchev–Trinajstić information content (AvgIpc) is 2.55. The summed E-state index contributed by atoms with van der Waals surface area (Å²) in [6.45, 7) is 3.90. The minimum Gasteiger partial charge on any atom is -0.481 e. The number of carbonyl (C=O) groups is 1. The maximum absolute atomic E-state index is 11.0. The van der Waals surface area contributed by atoms with Crippen LogP contribution in [0.15, 0.2) is 24.4 Å². The van der Waals surface area contributed by atoms with Crippen molar-refractivity contribution < 1.29 is 9.90 Å². The third kappa shape index (κ3) is 2.23. The highest BCUT2D eigenvalue weighted by atomic mass is 35.5. The van der Waals surface area contributed by atoms with Gasteiger partial charge in [-0.2, -0.15) is 0 Å². The van der Waals surface area contributed by atoms with E-state index in [1.54, 1.807) is 0 Å². The zero-order chi connectivity index (χ0) is 13.5. The molecule has 18 heavy (non-hydrogen) atoms. The van der Waals surface area contributed by atoms with Crippen molar-refractivity contribution in [2.45, 2.75) is 25.7 Å². The van der Waals surface area contributed by atoms with Crippen molar-refractivity contribution >= 4 is 28.5 Å². The molecule has 0 amide bonds. The zero-order valence-corrected chi connectivity index (χ0v) is 11.5. The number of benzene rings is 1. The molecule has 0 bridgehead atoms. The molecule has 4 heteroatoms. The molecule has 2 rings (SSSR count). The number of nitrogens with zero attached hydrogens (tertiary/aromatic N) is 1. The van der Waals surface area contributed by atoms with Gasteiger partial charge in [-0.15, -0.1) is 0 Å². The van der Waals surface area contributed by atoms with Gasteiger partial charge in [-0.1, -0.05) is 31.5 Å². The van der Waals surface area contributed by atoms with Crippen LogP contribution in [0, 0.1) is 0 Å². The normalized spacial score (nSPS) is 12.0. The largest absolute Gasteiger partial charge is 0.481 e. The van der Waals surface area contributed by atoms with Gasteiger partial charge in [0.05, 0.1) is 6.42 Å². The van der Waals surface area contributed by atoms with E-state index in [9.17, 15) is 4.79 Å². The lowest BCUT2D eigenvalue weighted by atomic mass is 9.81. The van der Waals surface area contributed by atoms with Gasteiger partial charge in [0.15, 0.2) is 0 Å². The number of aromatic nitrogens is 1. The summed E-state index contributed by atoms with van der Waals surface area (Å²) in [4.78, 5) is 11.0. The predicted molar refractivity (Wildman–Crippen MR) is 73.2 cm³/mol. The Bertz CT molecular complexity index is 614. The van der Waals surface area contributed by atoms with Crippen LogP contribution in [-0.2, 0) is 17.3 Å².